The van der Waals surface area contributed by atoms with Crippen LogP contribution in [0, 0.1) is 0 Å². The van der Waals surface area contributed by atoms with Gasteiger partial charge in [0.1, 0.15) is 11.3 Å². The smallest absolute Gasteiger partial charge is 0.409 e. The number of hydrogen-bond donors (Lipinski definition) is 1. The molecule has 0 aliphatic carbocycles. The lowest BCUT2D eigenvalue weighted by Crippen LogP contribution is -2.52. The highest BCUT2D eigenvalue weighted by Gasteiger charge is 2.27. The van der Waals surface area contributed by atoms with E-state index in [9.17, 15) is 19.2 Å². The molecule has 1 aliphatic heterocycles. The summed E-state index contributed by atoms with van der Waals surface area (Å²) >= 11 is 0. The van der Waals surface area contributed by atoms with Crippen molar-refractivity contribution in [3.63, 3.8) is 0 Å². The van der Waals surface area contributed by atoms with Gasteiger partial charge in [-0.2, -0.15) is 0 Å². The summed E-state index contributed by atoms with van der Waals surface area (Å²) in [7, 11) is 0. The Hall–Kier alpha value is -3.30. The lowest BCUT2D eigenvalue weighted by molar-refractivity contribution is 0.0568. The number of piperazine rings is 1. The van der Waals surface area contributed by atoms with Gasteiger partial charge in [0, 0.05) is 32.4 Å². The summed E-state index contributed by atoms with van der Waals surface area (Å²) in [6.45, 7) is 3.11. The van der Waals surface area contributed by atoms with E-state index in [1.807, 2.05) is 0 Å². The number of hydrogen-bond acceptors (Lipinski definition) is 6. The number of H-pyrrole nitrogens is 1. The summed E-state index contributed by atoms with van der Waals surface area (Å²) in [4.78, 5) is 54.5. The molecule has 10 heteroatoms. The van der Waals surface area contributed by atoms with E-state index in [0.29, 0.717) is 18.8 Å². The van der Waals surface area contributed by atoms with Crippen LogP contribution in [0.1, 0.15) is 23.0 Å². The van der Waals surface area contributed by atoms with Crippen LogP contribution in [0.5, 0.6) is 0 Å². The van der Waals surface area contributed by atoms with E-state index in [1.165, 1.54) is 16.1 Å². The third-order valence-corrected chi connectivity index (χ3v) is 4.28. The molecule has 10 nitrogen and oxygen atoms in total. The zero-order valence-corrected chi connectivity index (χ0v) is 14.8. The third kappa shape index (κ3) is 3.94. The van der Waals surface area contributed by atoms with Crippen LogP contribution in [0.4, 0.5) is 4.79 Å². The van der Waals surface area contributed by atoms with Gasteiger partial charge in [0.05, 0.1) is 19.4 Å². The molecule has 0 spiro atoms. The van der Waals surface area contributed by atoms with E-state index in [-0.39, 0.29) is 31.8 Å². The number of nitrogens with one attached hydrogen (secondary N) is 1. The molecule has 0 atom stereocenters. The molecular formula is C17H20N4O6. The van der Waals surface area contributed by atoms with E-state index in [0.717, 1.165) is 10.8 Å². The molecule has 1 saturated heterocycles. The monoisotopic (exact) mass is 376 g/mol. The molecule has 1 aliphatic rings. The zero-order chi connectivity index (χ0) is 19.4. The molecule has 1 fully saturated rings. The fourth-order valence-corrected chi connectivity index (χ4v) is 2.84. The van der Waals surface area contributed by atoms with Gasteiger partial charge in [-0.1, -0.05) is 0 Å². The highest BCUT2D eigenvalue weighted by molar-refractivity contribution is 5.93. The maximum atomic E-state index is 12.7. The lowest BCUT2D eigenvalue weighted by atomic mass is 10.2. The molecule has 2 aromatic heterocycles. The minimum absolute atomic E-state index is 0.0705. The van der Waals surface area contributed by atoms with Crippen molar-refractivity contribution in [2.24, 2.45) is 0 Å². The van der Waals surface area contributed by atoms with Crippen LogP contribution in [0.3, 0.4) is 0 Å². The lowest BCUT2D eigenvalue weighted by Gasteiger charge is -2.33. The topological polar surface area (TPSA) is 118 Å². The summed E-state index contributed by atoms with van der Waals surface area (Å²) in [6.07, 6.45) is 2.14. The first-order valence-electron chi connectivity index (χ1n) is 8.57. The Balaban J connectivity index is 1.75. The van der Waals surface area contributed by atoms with Crippen LogP contribution >= 0.6 is 0 Å². The third-order valence-electron chi connectivity index (χ3n) is 4.28. The van der Waals surface area contributed by atoms with Crippen molar-refractivity contribution < 1.29 is 18.7 Å². The highest BCUT2D eigenvalue weighted by Crippen LogP contribution is 2.07. The van der Waals surface area contributed by atoms with E-state index in [1.54, 1.807) is 19.1 Å². The first-order valence-corrected chi connectivity index (χ1v) is 8.57. The summed E-state index contributed by atoms with van der Waals surface area (Å²) in [6, 6.07) is 3.28. The maximum absolute atomic E-state index is 12.7. The number of amides is 2. The molecule has 2 aromatic rings. The number of rotatable bonds is 4. The SMILES string of the molecule is CCOC(=O)N1CCN(C(=O)c2c[nH]c(=O)n(Cc3ccco3)c2=O)CC1. The Morgan fingerprint density at radius 2 is 1.89 bits per heavy atom. The van der Waals surface area contributed by atoms with Crippen molar-refractivity contribution in [2.75, 3.05) is 32.8 Å². The van der Waals surface area contributed by atoms with Gasteiger partial charge in [-0.3, -0.25) is 14.2 Å². The van der Waals surface area contributed by atoms with Crippen molar-refractivity contribution in [1.82, 2.24) is 19.4 Å². The van der Waals surface area contributed by atoms with Crippen molar-refractivity contribution >= 4 is 12.0 Å². The molecule has 144 valence electrons. The van der Waals surface area contributed by atoms with Gasteiger partial charge in [-0.15, -0.1) is 0 Å². The quantitative estimate of drug-likeness (QED) is 0.808. The predicted octanol–water partition coefficient (Wildman–Crippen LogP) is 0.0922. The molecule has 27 heavy (non-hydrogen) atoms. The van der Waals surface area contributed by atoms with Gasteiger partial charge in [0.2, 0.25) is 0 Å². The zero-order valence-electron chi connectivity index (χ0n) is 14.8. The molecule has 0 bridgehead atoms. The molecule has 0 saturated carbocycles. The second kappa shape index (κ2) is 7.94. The molecule has 3 rings (SSSR count). The van der Waals surface area contributed by atoms with Gasteiger partial charge in [-0.05, 0) is 19.1 Å². The summed E-state index contributed by atoms with van der Waals surface area (Å²) in [5, 5.41) is 0. The first kappa shape index (κ1) is 18.5. The van der Waals surface area contributed by atoms with Crippen molar-refractivity contribution in [2.45, 2.75) is 13.5 Å². The number of ether oxygens (including phenoxy) is 1. The number of carbonyl (C=O) groups is 2. The van der Waals surface area contributed by atoms with Crippen LogP contribution in [0.15, 0.2) is 38.6 Å². The summed E-state index contributed by atoms with van der Waals surface area (Å²) in [5.74, 6) is -0.0665. The largest absolute Gasteiger partial charge is 0.467 e. The Labute approximate surface area is 153 Å². The van der Waals surface area contributed by atoms with Gasteiger partial charge >= 0.3 is 11.8 Å². The molecular weight excluding hydrogens is 356 g/mol. The van der Waals surface area contributed by atoms with Crippen LogP contribution in [-0.4, -0.2) is 64.1 Å². The normalized spacial score (nSPS) is 14.3. The molecule has 1 N–H and O–H groups in total. The highest BCUT2D eigenvalue weighted by atomic mass is 16.6. The molecule has 0 unspecified atom stereocenters. The van der Waals surface area contributed by atoms with Crippen LogP contribution < -0.4 is 11.2 Å². The van der Waals surface area contributed by atoms with Gasteiger partial charge in [-0.25, -0.2) is 9.59 Å². The maximum Gasteiger partial charge on any atom is 0.409 e. The number of aromatic nitrogens is 2. The number of carbonyl (C=O) groups excluding carboxylic acids is 2. The first-order chi connectivity index (χ1) is 13.0. The Morgan fingerprint density at radius 3 is 2.52 bits per heavy atom. The van der Waals surface area contributed by atoms with E-state index < -0.39 is 23.2 Å². The van der Waals surface area contributed by atoms with E-state index in [2.05, 4.69) is 4.98 Å². The molecule has 2 amide bonds. The Bertz CT molecular complexity index is 922. The van der Waals surface area contributed by atoms with E-state index in [4.69, 9.17) is 9.15 Å². The van der Waals surface area contributed by atoms with E-state index >= 15 is 0 Å². The minimum Gasteiger partial charge on any atom is -0.467 e. The molecule has 3 heterocycles. The standard InChI is InChI=1S/C17H20N4O6/c1-2-26-17(25)20-7-5-19(6-8-20)14(22)13-10-18-16(24)21(15(13)23)11-12-4-3-9-27-12/h3-4,9-10H,2,5-8,11H2,1H3,(H,18,24). The van der Waals surface area contributed by atoms with Gasteiger partial charge in [0.25, 0.3) is 11.5 Å². The number of furan rings is 1. The molecule has 0 aromatic carbocycles. The average Bonchev–Trinajstić information content (AvgIpc) is 3.18. The van der Waals surface area contributed by atoms with Crippen LogP contribution in [0.25, 0.3) is 0 Å². The van der Waals surface area contributed by atoms with Crippen molar-refractivity contribution in [3.05, 3.63) is 56.8 Å². The van der Waals surface area contributed by atoms with Crippen LogP contribution in [-0.2, 0) is 11.3 Å². The second-order valence-corrected chi connectivity index (χ2v) is 5.96. The molecule has 0 radical (unpaired) electrons. The summed E-state index contributed by atoms with van der Waals surface area (Å²) < 4.78 is 11.0. The minimum atomic E-state index is -0.687. The van der Waals surface area contributed by atoms with Crippen LogP contribution in [0.2, 0.25) is 0 Å². The fraction of sp³-hybridized carbons (Fsp3) is 0.412. The van der Waals surface area contributed by atoms with Crippen molar-refractivity contribution in [3.8, 4) is 0 Å². The Morgan fingerprint density at radius 1 is 1.19 bits per heavy atom. The Kier molecular flexibility index (Phi) is 5.43. The number of nitrogens with zero attached hydrogens (tertiary/aromatic N) is 3. The van der Waals surface area contributed by atoms with Crippen molar-refractivity contribution in [1.29, 1.82) is 0 Å². The summed E-state index contributed by atoms with van der Waals surface area (Å²) in [5.41, 5.74) is -1.45. The van der Waals surface area contributed by atoms with Gasteiger partial charge in [0.15, 0.2) is 0 Å². The fourth-order valence-electron chi connectivity index (χ4n) is 2.84. The second-order valence-electron chi connectivity index (χ2n) is 5.96. The predicted molar refractivity (Wildman–Crippen MR) is 93.6 cm³/mol. The average molecular weight is 376 g/mol. The number of aromatic amines is 1. The van der Waals surface area contributed by atoms with Gasteiger partial charge < -0.3 is 23.9 Å².